The van der Waals surface area contributed by atoms with Crippen LogP contribution in [0, 0.1) is 11.8 Å². The molecule has 1 saturated carbocycles. The minimum Gasteiger partial charge on any atom is -0.500 e. The number of rotatable bonds is 4. The lowest BCUT2D eigenvalue weighted by molar-refractivity contribution is -0.121. The molecule has 0 atom stereocenters. The third-order valence-electron chi connectivity index (χ3n) is 4.95. The highest BCUT2D eigenvalue weighted by atomic mass is 16.5. The monoisotopic (exact) mass is 327 g/mol. The summed E-state index contributed by atoms with van der Waals surface area (Å²) in [5.74, 6) is 2.40. The van der Waals surface area contributed by atoms with Gasteiger partial charge in [0.1, 0.15) is 17.9 Å². The number of hydrogen-bond acceptors (Lipinski definition) is 4. The normalized spacial score (nSPS) is 23.9. The average Bonchev–Trinajstić information content (AvgIpc) is 2.62. The van der Waals surface area contributed by atoms with E-state index in [2.05, 4.69) is 28.3 Å². The van der Waals surface area contributed by atoms with Gasteiger partial charge in [-0.15, -0.1) is 0 Å². The Hall–Kier alpha value is -2.17. The number of carbonyl (C=O) groups excluding carboxylic acids is 1. The smallest absolute Gasteiger partial charge is 0.228 e. The molecule has 2 aliphatic carbocycles. The molecule has 0 saturated heterocycles. The van der Waals surface area contributed by atoms with Crippen molar-refractivity contribution in [3.05, 3.63) is 36.0 Å². The van der Waals surface area contributed by atoms with Gasteiger partial charge in [0.25, 0.3) is 0 Å². The van der Waals surface area contributed by atoms with Crippen molar-refractivity contribution in [1.82, 2.24) is 9.97 Å². The minimum atomic E-state index is 0.0756. The van der Waals surface area contributed by atoms with Gasteiger partial charge < -0.3 is 10.1 Å². The summed E-state index contributed by atoms with van der Waals surface area (Å²) in [4.78, 5) is 21.0. The Morgan fingerprint density at radius 1 is 1.25 bits per heavy atom. The Labute approximate surface area is 143 Å². The Kier molecular flexibility index (Phi) is 5.28. The number of anilines is 1. The van der Waals surface area contributed by atoms with Gasteiger partial charge >= 0.3 is 0 Å². The molecule has 1 fully saturated rings. The van der Waals surface area contributed by atoms with Crippen LogP contribution in [0.1, 0.15) is 51.1 Å². The molecule has 0 aromatic carbocycles. The summed E-state index contributed by atoms with van der Waals surface area (Å²) in [5, 5.41) is 2.96. The number of allylic oxidation sites excluding steroid dienone is 4. The molecule has 5 heteroatoms. The summed E-state index contributed by atoms with van der Waals surface area (Å²) in [5.41, 5.74) is 1.75. The lowest BCUT2D eigenvalue weighted by Crippen LogP contribution is -2.27. The first kappa shape index (κ1) is 16.7. The molecule has 128 valence electrons. The lowest BCUT2D eigenvalue weighted by atomic mass is 9.82. The molecule has 5 nitrogen and oxygen atoms in total. The zero-order valence-electron chi connectivity index (χ0n) is 14.4. The van der Waals surface area contributed by atoms with Gasteiger partial charge in [-0.3, -0.25) is 4.79 Å². The Morgan fingerprint density at radius 3 is 2.79 bits per heavy atom. The van der Waals surface area contributed by atoms with E-state index in [1.807, 2.05) is 12.1 Å². The molecular weight excluding hydrogens is 302 g/mol. The maximum Gasteiger partial charge on any atom is 0.228 e. The number of ether oxygens (including phenoxy) is 1. The van der Waals surface area contributed by atoms with E-state index in [1.54, 1.807) is 7.11 Å². The van der Waals surface area contributed by atoms with E-state index in [0.29, 0.717) is 5.82 Å². The van der Waals surface area contributed by atoms with E-state index in [0.717, 1.165) is 61.5 Å². The largest absolute Gasteiger partial charge is 0.500 e. The van der Waals surface area contributed by atoms with Gasteiger partial charge in [0.2, 0.25) is 5.91 Å². The second-order valence-electron chi connectivity index (χ2n) is 6.72. The molecule has 1 heterocycles. The highest BCUT2D eigenvalue weighted by molar-refractivity contribution is 5.92. The first-order valence-corrected chi connectivity index (χ1v) is 8.74. The predicted octanol–water partition coefficient (Wildman–Crippen LogP) is 3.95. The Balaban J connectivity index is 1.73. The topological polar surface area (TPSA) is 64.1 Å². The number of amides is 1. The molecule has 0 unspecified atom stereocenters. The number of carbonyl (C=O) groups is 1. The summed E-state index contributed by atoms with van der Waals surface area (Å²) in [6.45, 7) is 2.25. The van der Waals surface area contributed by atoms with Crippen LogP contribution in [-0.4, -0.2) is 23.0 Å². The minimum absolute atomic E-state index is 0.0756. The van der Waals surface area contributed by atoms with Crippen LogP contribution in [0.2, 0.25) is 0 Å². The molecule has 3 rings (SSSR count). The summed E-state index contributed by atoms with van der Waals surface area (Å²) in [6, 6.07) is 1.83. The predicted molar refractivity (Wildman–Crippen MR) is 94.1 cm³/mol. The van der Waals surface area contributed by atoms with E-state index in [-0.39, 0.29) is 11.8 Å². The van der Waals surface area contributed by atoms with E-state index in [4.69, 9.17) is 4.74 Å². The number of nitrogens with zero attached hydrogens (tertiary/aromatic N) is 2. The summed E-state index contributed by atoms with van der Waals surface area (Å²) in [6.07, 6.45) is 11.7. The highest BCUT2D eigenvalue weighted by Crippen LogP contribution is 2.30. The third kappa shape index (κ3) is 3.83. The first-order valence-electron chi connectivity index (χ1n) is 8.74. The van der Waals surface area contributed by atoms with Gasteiger partial charge in [-0.2, -0.15) is 0 Å². The van der Waals surface area contributed by atoms with Crippen LogP contribution >= 0.6 is 0 Å². The van der Waals surface area contributed by atoms with Crippen LogP contribution in [0.3, 0.4) is 0 Å². The van der Waals surface area contributed by atoms with Crippen LogP contribution in [0.15, 0.2) is 30.3 Å². The molecule has 0 bridgehead atoms. The molecule has 1 amide bonds. The second-order valence-corrected chi connectivity index (χ2v) is 6.72. The van der Waals surface area contributed by atoms with Crippen LogP contribution in [0.4, 0.5) is 5.82 Å². The zero-order valence-corrected chi connectivity index (χ0v) is 14.4. The fraction of sp³-hybridized carbons (Fsp3) is 0.526. The Morgan fingerprint density at radius 2 is 2.04 bits per heavy atom. The summed E-state index contributed by atoms with van der Waals surface area (Å²) >= 11 is 0. The standard InChI is InChI=1S/C19H25N3O2/c1-13-7-9-14(10-8-13)19(23)22-18-11-16(20-12-21-18)15-5-3-4-6-17(15)24-2/h3,5,11-14H,4,6-10H2,1-2H3,(H,20,21,22,23). The second kappa shape index (κ2) is 7.60. The summed E-state index contributed by atoms with van der Waals surface area (Å²) in [7, 11) is 1.68. The fourth-order valence-electron chi connectivity index (χ4n) is 3.41. The molecule has 1 aromatic rings. The molecule has 24 heavy (non-hydrogen) atoms. The molecule has 1 aromatic heterocycles. The SMILES string of the molecule is COC1=C(c2cc(NC(=O)C3CCC(C)CC3)ncn2)C=CCC1. The molecular formula is C19H25N3O2. The van der Waals surface area contributed by atoms with Crippen LogP contribution < -0.4 is 5.32 Å². The van der Waals surface area contributed by atoms with Crippen molar-refractivity contribution in [1.29, 1.82) is 0 Å². The first-order chi connectivity index (χ1) is 11.7. The van der Waals surface area contributed by atoms with Crippen molar-refractivity contribution in [2.24, 2.45) is 11.8 Å². The van der Waals surface area contributed by atoms with Gasteiger partial charge in [0, 0.05) is 24.0 Å². The van der Waals surface area contributed by atoms with Gasteiger partial charge in [0.05, 0.1) is 12.8 Å². The van der Waals surface area contributed by atoms with E-state index < -0.39 is 0 Å². The van der Waals surface area contributed by atoms with Crippen LogP contribution in [0.25, 0.3) is 5.57 Å². The molecule has 0 spiro atoms. The van der Waals surface area contributed by atoms with Crippen molar-refractivity contribution < 1.29 is 9.53 Å². The average molecular weight is 327 g/mol. The Bertz CT molecular complexity index is 658. The van der Waals surface area contributed by atoms with Crippen molar-refractivity contribution in [2.45, 2.75) is 45.4 Å². The van der Waals surface area contributed by atoms with E-state index in [9.17, 15) is 4.79 Å². The van der Waals surface area contributed by atoms with E-state index >= 15 is 0 Å². The maximum absolute atomic E-state index is 12.5. The van der Waals surface area contributed by atoms with Crippen LogP contribution in [0.5, 0.6) is 0 Å². The number of aromatic nitrogens is 2. The number of nitrogens with one attached hydrogen (secondary N) is 1. The fourth-order valence-corrected chi connectivity index (χ4v) is 3.41. The maximum atomic E-state index is 12.5. The molecule has 1 N–H and O–H groups in total. The van der Waals surface area contributed by atoms with E-state index in [1.165, 1.54) is 6.33 Å². The molecule has 0 radical (unpaired) electrons. The van der Waals surface area contributed by atoms with Gasteiger partial charge in [0.15, 0.2) is 0 Å². The zero-order chi connectivity index (χ0) is 16.9. The summed E-state index contributed by atoms with van der Waals surface area (Å²) < 4.78 is 5.46. The van der Waals surface area contributed by atoms with Crippen molar-refractivity contribution in [2.75, 3.05) is 12.4 Å². The van der Waals surface area contributed by atoms with Gasteiger partial charge in [-0.25, -0.2) is 9.97 Å². The van der Waals surface area contributed by atoms with Crippen molar-refractivity contribution >= 4 is 17.3 Å². The van der Waals surface area contributed by atoms with Crippen LogP contribution in [-0.2, 0) is 9.53 Å². The number of hydrogen-bond donors (Lipinski definition) is 1. The van der Waals surface area contributed by atoms with Crippen molar-refractivity contribution in [3.8, 4) is 0 Å². The lowest BCUT2D eigenvalue weighted by Gasteiger charge is -2.25. The van der Waals surface area contributed by atoms with Gasteiger partial charge in [-0.05, 0) is 38.0 Å². The molecule has 2 aliphatic rings. The number of methoxy groups -OCH3 is 1. The molecule has 0 aliphatic heterocycles. The third-order valence-corrected chi connectivity index (χ3v) is 4.95. The highest BCUT2D eigenvalue weighted by Gasteiger charge is 2.24. The van der Waals surface area contributed by atoms with Crippen molar-refractivity contribution in [3.63, 3.8) is 0 Å². The van der Waals surface area contributed by atoms with Gasteiger partial charge in [-0.1, -0.05) is 19.1 Å². The quantitative estimate of drug-likeness (QED) is 0.909.